The van der Waals surface area contributed by atoms with Gasteiger partial charge in [-0.25, -0.2) is 13.2 Å². The first-order valence-corrected chi connectivity index (χ1v) is 18.0. The van der Waals surface area contributed by atoms with Crippen LogP contribution in [-0.2, 0) is 26.0 Å². The van der Waals surface area contributed by atoms with E-state index in [1.54, 1.807) is 17.0 Å². The Balaban J connectivity index is 1.13. The van der Waals surface area contributed by atoms with Crippen LogP contribution < -0.4 is 0 Å². The highest BCUT2D eigenvalue weighted by atomic mass is 32.2. The van der Waals surface area contributed by atoms with Crippen molar-refractivity contribution < 1.29 is 22.8 Å². The minimum absolute atomic E-state index is 0.120. The van der Waals surface area contributed by atoms with Crippen molar-refractivity contribution in [3.8, 4) is 0 Å². The van der Waals surface area contributed by atoms with Crippen molar-refractivity contribution in [1.29, 1.82) is 0 Å². The van der Waals surface area contributed by atoms with Crippen molar-refractivity contribution >= 4 is 27.7 Å². The lowest BCUT2D eigenvalue weighted by atomic mass is 9.84. The summed E-state index contributed by atoms with van der Waals surface area (Å²) >= 11 is 0. The second kappa shape index (κ2) is 12.3. The van der Waals surface area contributed by atoms with E-state index in [0.717, 1.165) is 57.1 Å². The van der Waals surface area contributed by atoms with Gasteiger partial charge in [-0.05, 0) is 61.8 Å². The van der Waals surface area contributed by atoms with Gasteiger partial charge in [0.2, 0.25) is 5.91 Å². The van der Waals surface area contributed by atoms with Crippen LogP contribution >= 0.6 is 0 Å². The zero-order valence-electron chi connectivity index (χ0n) is 25.9. The molecule has 44 heavy (non-hydrogen) atoms. The zero-order chi connectivity index (χ0) is 31.1. The van der Waals surface area contributed by atoms with Gasteiger partial charge in [-0.3, -0.25) is 14.5 Å². The minimum atomic E-state index is -3.33. The summed E-state index contributed by atoms with van der Waals surface area (Å²) in [6.07, 6.45) is 6.61. The molecule has 4 aliphatic rings. The predicted octanol–water partition coefficient (Wildman–Crippen LogP) is 4.14. The standard InChI is InChI=1S/C34H44N4O5S/c1-3-38-33(41)37(21-25-13-15-29(16-14-25)44(2,42)43)32(40)34(38)17-19-35(20-18-34)22-28-23-36(31(39)27-11-7-8-12-27)24-30(28)26-9-5-4-6-10-26/h4-6,9-10,13-16,27-28,30H,3,7-8,11-12,17-24H2,1-2H3/t28-,30+/m0/s1. The molecule has 2 aromatic carbocycles. The second-order valence-corrected chi connectivity index (χ2v) is 15.2. The van der Waals surface area contributed by atoms with E-state index in [4.69, 9.17) is 0 Å². The van der Waals surface area contributed by atoms with Gasteiger partial charge in [0.05, 0.1) is 11.4 Å². The number of imide groups is 1. The van der Waals surface area contributed by atoms with E-state index < -0.39 is 15.4 Å². The number of carbonyl (C=O) groups is 3. The molecule has 1 saturated carbocycles. The Bertz CT molecular complexity index is 1480. The fraction of sp³-hybridized carbons (Fsp3) is 0.559. The van der Waals surface area contributed by atoms with E-state index in [1.807, 2.05) is 13.0 Å². The fourth-order valence-electron chi connectivity index (χ4n) is 8.05. The lowest BCUT2D eigenvalue weighted by Crippen LogP contribution is -2.57. The van der Waals surface area contributed by atoms with Crippen LogP contribution in [0.4, 0.5) is 4.79 Å². The van der Waals surface area contributed by atoms with Crippen LogP contribution in [0, 0.1) is 11.8 Å². The summed E-state index contributed by atoms with van der Waals surface area (Å²) in [5.41, 5.74) is 1.14. The molecule has 2 aromatic rings. The van der Waals surface area contributed by atoms with Crippen LogP contribution in [0.5, 0.6) is 0 Å². The van der Waals surface area contributed by atoms with Crippen molar-refractivity contribution in [2.45, 2.75) is 68.3 Å². The van der Waals surface area contributed by atoms with Gasteiger partial charge in [-0.1, -0.05) is 55.3 Å². The van der Waals surface area contributed by atoms with E-state index in [0.29, 0.717) is 44.3 Å². The molecule has 0 aromatic heterocycles. The molecule has 0 unspecified atom stereocenters. The van der Waals surface area contributed by atoms with Gasteiger partial charge < -0.3 is 14.7 Å². The predicted molar refractivity (Wildman–Crippen MR) is 167 cm³/mol. The lowest BCUT2D eigenvalue weighted by Gasteiger charge is -2.42. The number of hydrogen-bond donors (Lipinski definition) is 0. The molecule has 6 rings (SSSR count). The first-order valence-electron chi connectivity index (χ1n) is 16.1. The maximum atomic E-state index is 13.9. The quantitative estimate of drug-likeness (QED) is 0.412. The van der Waals surface area contributed by atoms with Crippen LogP contribution in [0.1, 0.15) is 62.5 Å². The van der Waals surface area contributed by atoms with E-state index in [1.165, 1.54) is 22.6 Å². The molecule has 236 valence electrons. The molecule has 4 amide bonds. The molecule has 0 radical (unpaired) electrons. The number of rotatable bonds is 8. The second-order valence-electron chi connectivity index (χ2n) is 13.2. The summed E-state index contributed by atoms with van der Waals surface area (Å²) in [5.74, 6) is 0.928. The number of sulfone groups is 1. The average Bonchev–Trinajstić information content (AvgIpc) is 3.75. The molecular weight excluding hydrogens is 576 g/mol. The monoisotopic (exact) mass is 620 g/mol. The molecule has 10 heteroatoms. The molecular formula is C34H44N4O5S. The third kappa shape index (κ3) is 5.78. The third-order valence-corrected chi connectivity index (χ3v) is 11.6. The highest BCUT2D eigenvalue weighted by Crippen LogP contribution is 2.40. The van der Waals surface area contributed by atoms with Crippen molar-refractivity contribution in [3.63, 3.8) is 0 Å². The molecule has 2 atom stereocenters. The maximum absolute atomic E-state index is 13.9. The molecule has 3 saturated heterocycles. The zero-order valence-corrected chi connectivity index (χ0v) is 26.7. The number of nitrogens with zero attached hydrogens (tertiary/aromatic N) is 4. The Morgan fingerprint density at radius 1 is 0.932 bits per heavy atom. The van der Waals surface area contributed by atoms with Crippen LogP contribution in [0.2, 0.25) is 0 Å². The van der Waals surface area contributed by atoms with E-state index in [2.05, 4.69) is 34.1 Å². The molecule has 1 aliphatic carbocycles. The van der Waals surface area contributed by atoms with Crippen LogP contribution in [0.25, 0.3) is 0 Å². The Morgan fingerprint density at radius 2 is 1.59 bits per heavy atom. The number of amides is 4. The molecule has 0 bridgehead atoms. The maximum Gasteiger partial charge on any atom is 0.327 e. The molecule has 3 aliphatic heterocycles. The van der Waals surface area contributed by atoms with Gasteiger partial charge in [-0.15, -0.1) is 0 Å². The Labute approximate surface area is 261 Å². The van der Waals surface area contributed by atoms with Crippen molar-refractivity contribution in [2.75, 3.05) is 45.5 Å². The largest absolute Gasteiger partial charge is 0.341 e. The van der Waals surface area contributed by atoms with Crippen molar-refractivity contribution in [3.05, 3.63) is 65.7 Å². The summed E-state index contributed by atoms with van der Waals surface area (Å²) in [6, 6.07) is 16.7. The van der Waals surface area contributed by atoms with Crippen LogP contribution in [0.3, 0.4) is 0 Å². The smallest absolute Gasteiger partial charge is 0.327 e. The highest BCUT2D eigenvalue weighted by Gasteiger charge is 2.57. The average molecular weight is 621 g/mol. The molecule has 9 nitrogen and oxygen atoms in total. The van der Waals surface area contributed by atoms with Crippen LogP contribution in [0.15, 0.2) is 59.5 Å². The van der Waals surface area contributed by atoms with Gasteiger partial charge >= 0.3 is 6.03 Å². The molecule has 3 heterocycles. The van der Waals surface area contributed by atoms with Crippen molar-refractivity contribution in [1.82, 2.24) is 19.6 Å². The number of carbonyl (C=O) groups excluding carboxylic acids is 3. The Morgan fingerprint density at radius 3 is 2.20 bits per heavy atom. The van der Waals surface area contributed by atoms with Gasteiger partial charge in [0.1, 0.15) is 5.54 Å². The summed E-state index contributed by atoms with van der Waals surface area (Å²) in [6.45, 7) is 6.29. The molecule has 4 fully saturated rings. The summed E-state index contributed by atoms with van der Waals surface area (Å²) in [4.78, 5) is 48.7. The number of hydrogen-bond acceptors (Lipinski definition) is 6. The number of piperidine rings is 1. The Hall–Kier alpha value is -3.24. The number of benzene rings is 2. The number of urea groups is 1. The third-order valence-electron chi connectivity index (χ3n) is 10.5. The van der Waals surface area contributed by atoms with Gasteiger partial charge in [0.15, 0.2) is 9.84 Å². The fourth-order valence-corrected chi connectivity index (χ4v) is 8.68. The summed E-state index contributed by atoms with van der Waals surface area (Å²) in [5, 5.41) is 0. The SMILES string of the molecule is CCN1C(=O)N(Cc2ccc(S(C)(=O)=O)cc2)C(=O)C12CCN(C[C@H]1CN(C(=O)C3CCCC3)C[C@@H]1c1ccccc1)CC2. The molecule has 1 spiro atoms. The summed E-state index contributed by atoms with van der Waals surface area (Å²) < 4.78 is 23.7. The highest BCUT2D eigenvalue weighted by molar-refractivity contribution is 7.90. The van der Waals surface area contributed by atoms with E-state index >= 15 is 0 Å². The van der Waals surface area contributed by atoms with Crippen molar-refractivity contribution in [2.24, 2.45) is 11.8 Å². The van der Waals surface area contributed by atoms with Crippen LogP contribution in [-0.4, -0.2) is 96.9 Å². The molecule has 0 N–H and O–H groups in total. The first kappa shape index (κ1) is 30.8. The Kier molecular flexibility index (Phi) is 8.58. The minimum Gasteiger partial charge on any atom is -0.341 e. The number of likely N-dealkylation sites (tertiary alicyclic amines) is 2. The normalized spacial score (nSPS) is 24.6. The van der Waals surface area contributed by atoms with Gasteiger partial charge in [0, 0.05) is 57.4 Å². The first-order chi connectivity index (χ1) is 21.1. The lowest BCUT2D eigenvalue weighted by molar-refractivity contribution is -0.136. The topological polar surface area (TPSA) is 98.3 Å². The van der Waals surface area contributed by atoms with Gasteiger partial charge in [-0.2, -0.15) is 0 Å². The summed E-state index contributed by atoms with van der Waals surface area (Å²) in [7, 11) is -3.33. The van der Waals surface area contributed by atoms with E-state index in [-0.39, 0.29) is 35.2 Å². The van der Waals surface area contributed by atoms with Gasteiger partial charge in [0.25, 0.3) is 5.91 Å². The van der Waals surface area contributed by atoms with E-state index in [9.17, 15) is 22.8 Å². The number of likely N-dealkylation sites (N-methyl/N-ethyl adjacent to an activating group) is 1.